The molecule has 1 aromatic rings. The second kappa shape index (κ2) is 4.56. The van der Waals surface area contributed by atoms with Crippen LogP contribution in [0.2, 0.25) is 0 Å². The molecule has 0 amide bonds. The summed E-state index contributed by atoms with van der Waals surface area (Å²) in [6.45, 7) is 5.94. The molecule has 2 nitrogen and oxygen atoms in total. The smallest absolute Gasteiger partial charge is 0.152 e. The highest BCUT2D eigenvalue weighted by atomic mass is 19.1. The van der Waals surface area contributed by atoms with Crippen molar-refractivity contribution in [1.29, 1.82) is 0 Å². The topological polar surface area (TPSA) is 26.3 Å². The van der Waals surface area contributed by atoms with Gasteiger partial charge in [0.25, 0.3) is 0 Å². The molecule has 3 heteroatoms. The largest absolute Gasteiger partial charge is 0.494 e. The van der Waals surface area contributed by atoms with Crippen LogP contribution in [0.15, 0.2) is 24.8 Å². The van der Waals surface area contributed by atoms with Gasteiger partial charge in [0, 0.05) is 5.56 Å². The zero-order valence-corrected chi connectivity index (χ0v) is 7.92. The van der Waals surface area contributed by atoms with Crippen molar-refractivity contribution in [2.45, 2.75) is 6.92 Å². The molecule has 0 radical (unpaired) electrons. The molecule has 0 unspecified atom stereocenters. The van der Waals surface area contributed by atoms with E-state index >= 15 is 0 Å². The Morgan fingerprint density at radius 3 is 2.86 bits per heavy atom. The number of aldehydes is 1. The number of carbonyl (C=O) groups excluding carboxylic acids is 1. The number of hydrogen-bond acceptors (Lipinski definition) is 2. The van der Waals surface area contributed by atoms with Gasteiger partial charge >= 0.3 is 0 Å². The van der Waals surface area contributed by atoms with E-state index in [1.165, 1.54) is 12.1 Å². The van der Waals surface area contributed by atoms with Gasteiger partial charge in [-0.25, -0.2) is 4.39 Å². The number of carbonyl (C=O) groups is 1. The Balaban J connectivity index is 2.96. The molecule has 1 rings (SSSR count). The summed E-state index contributed by atoms with van der Waals surface area (Å²) in [7, 11) is 0. The third-order valence-corrected chi connectivity index (χ3v) is 1.77. The van der Waals surface area contributed by atoms with Crippen LogP contribution in [0.3, 0.4) is 0 Å². The Hall–Kier alpha value is -1.64. The van der Waals surface area contributed by atoms with Gasteiger partial charge in [-0.2, -0.15) is 0 Å². The van der Waals surface area contributed by atoms with E-state index in [0.29, 0.717) is 24.2 Å². The van der Waals surface area contributed by atoms with Gasteiger partial charge in [-0.3, -0.25) is 4.79 Å². The maximum atomic E-state index is 13.1. The first-order valence-electron chi connectivity index (χ1n) is 4.25. The van der Waals surface area contributed by atoms with Crippen molar-refractivity contribution in [3.63, 3.8) is 0 Å². The molecule has 1 aromatic carbocycles. The Kier molecular flexibility index (Phi) is 3.40. The molecule has 0 aliphatic heterocycles. The first-order valence-corrected chi connectivity index (χ1v) is 4.25. The number of hydrogen-bond donors (Lipinski definition) is 0. The summed E-state index contributed by atoms with van der Waals surface area (Å²) in [5, 5.41) is 0. The van der Waals surface area contributed by atoms with Crippen molar-refractivity contribution in [1.82, 2.24) is 0 Å². The van der Waals surface area contributed by atoms with Crippen LogP contribution in [0.1, 0.15) is 22.8 Å². The summed E-state index contributed by atoms with van der Waals surface area (Å²) in [6.07, 6.45) is 0.475. The van der Waals surface area contributed by atoms with Crippen molar-refractivity contribution in [3.05, 3.63) is 41.7 Å². The van der Waals surface area contributed by atoms with Crippen LogP contribution < -0.4 is 0 Å². The summed E-state index contributed by atoms with van der Waals surface area (Å²) in [5.74, 6) is -0.151. The molecule has 0 atom stereocenters. The van der Waals surface area contributed by atoms with E-state index in [4.69, 9.17) is 4.74 Å². The fourth-order valence-corrected chi connectivity index (χ4v) is 1.05. The molecule has 0 aromatic heterocycles. The molecule has 0 N–H and O–H groups in total. The van der Waals surface area contributed by atoms with Crippen molar-refractivity contribution in [2.24, 2.45) is 0 Å². The van der Waals surface area contributed by atoms with E-state index in [0.717, 1.165) is 0 Å². The Bertz CT molecular complexity index is 358. The Morgan fingerprint density at radius 2 is 2.36 bits per heavy atom. The number of halogens is 1. The van der Waals surface area contributed by atoms with Crippen molar-refractivity contribution >= 4 is 12.0 Å². The van der Waals surface area contributed by atoms with Crippen molar-refractivity contribution < 1.29 is 13.9 Å². The van der Waals surface area contributed by atoms with Gasteiger partial charge in [-0.05, 0) is 19.1 Å². The molecular weight excluding hydrogens is 183 g/mol. The van der Waals surface area contributed by atoms with Crippen molar-refractivity contribution in [2.75, 3.05) is 6.61 Å². The molecule has 74 valence electrons. The van der Waals surface area contributed by atoms with Crippen molar-refractivity contribution in [3.8, 4) is 0 Å². The van der Waals surface area contributed by atoms with E-state index < -0.39 is 5.82 Å². The molecule has 0 aliphatic carbocycles. The van der Waals surface area contributed by atoms with E-state index in [9.17, 15) is 9.18 Å². The van der Waals surface area contributed by atoms with E-state index in [2.05, 4.69) is 6.58 Å². The van der Waals surface area contributed by atoms with Gasteiger partial charge in [0.1, 0.15) is 11.6 Å². The molecule has 0 fully saturated rings. The van der Waals surface area contributed by atoms with Crippen LogP contribution in [0.4, 0.5) is 4.39 Å². The number of ether oxygens (including phenoxy) is 1. The van der Waals surface area contributed by atoms with E-state index in [-0.39, 0.29) is 5.56 Å². The predicted molar refractivity (Wildman–Crippen MR) is 52.4 cm³/mol. The fourth-order valence-electron chi connectivity index (χ4n) is 1.05. The molecule has 0 heterocycles. The second-order valence-corrected chi connectivity index (χ2v) is 2.71. The Morgan fingerprint density at radius 1 is 1.64 bits per heavy atom. The zero-order valence-electron chi connectivity index (χ0n) is 7.92. The van der Waals surface area contributed by atoms with Gasteiger partial charge in [0.15, 0.2) is 6.29 Å². The SMILES string of the molecule is C=C(OCC)c1ccc(C=O)c(F)c1. The number of benzene rings is 1. The lowest BCUT2D eigenvalue weighted by Gasteiger charge is -2.07. The standard InChI is InChI=1S/C11H11FO2/c1-3-14-8(2)9-4-5-10(7-13)11(12)6-9/h4-7H,2-3H2,1H3. The third-order valence-electron chi connectivity index (χ3n) is 1.77. The highest BCUT2D eigenvalue weighted by molar-refractivity contribution is 5.76. The molecule has 0 saturated heterocycles. The van der Waals surface area contributed by atoms with Gasteiger partial charge in [-0.1, -0.05) is 12.6 Å². The number of rotatable bonds is 4. The average Bonchev–Trinajstić information content (AvgIpc) is 2.18. The summed E-state index contributed by atoms with van der Waals surface area (Å²) >= 11 is 0. The molecule has 0 aliphatic rings. The lowest BCUT2D eigenvalue weighted by Crippen LogP contribution is -1.93. The average molecular weight is 194 g/mol. The molecule has 0 bridgehead atoms. The van der Waals surface area contributed by atoms with Crippen LogP contribution in [0.25, 0.3) is 5.76 Å². The lowest BCUT2D eigenvalue weighted by molar-refractivity contribution is 0.112. The highest BCUT2D eigenvalue weighted by Crippen LogP contribution is 2.16. The predicted octanol–water partition coefficient (Wildman–Crippen LogP) is 2.65. The fraction of sp³-hybridized carbons (Fsp3) is 0.182. The third kappa shape index (κ3) is 2.19. The summed E-state index contributed by atoms with van der Waals surface area (Å²) < 4.78 is 18.2. The zero-order chi connectivity index (χ0) is 10.6. The van der Waals surface area contributed by atoms with Gasteiger partial charge in [-0.15, -0.1) is 0 Å². The second-order valence-electron chi connectivity index (χ2n) is 2.71. The maximum Gasteiger partial charge on any atom is 0.152 e. The van der Waals surface area contributed by atoms with Gasteiger partial charge < -0.3 is 4.74 Å². The lowest BCUT2D eigenvalue weighted by atomic mass is 10.1. The summed E-state index contributed by atoms with van der Waals surface area (Å²) in [4.78, 5) is 10.3. The van der Waals surface area contributed by atoms with E-state index in [1.54, 1.807) is 6.07 Å². The van der Waals surface area contributed by atoms with Crippen LogP contribution >= 0.6 is 0 Å². The monoisotopic (exact) mass is 194 g/mol. The molecule has 14 heavy (non-hydrogen) atoms. The molecule has 0 spiro atoms. The first kappa shape index (κ1) is 10.4. The van der Waals surface area contributed by atoms with Gasteiger partial charge in [0.2, 0.25) is 0 Å². The van der Waals surface area contributed by atoms with Crippen LogP contribution in [0.5, 0.6) is 0 Å². The Labute approximate surface area is 82.0 Å². The van der Waals surface area contributed by atoms with Crippen LogP contribution in [0, 0.1) is 5.82 Å². The molecular formula is C11H11FO2. The quantitative estimate of drug-likeness (QED) is 0.544. The van der Waals surface area contributed by atoms with E-state index in [1.807, 2.05) is 6.92 Å². The minimum absolute atomic E-state index is 0.0399. The summed E-state index contributed by atoms with van der Waals surface area (Å²) in [5.41, 5.74) is 0.591. The van der Waals surface area contributed by atoms with Gasteiger partial charge in [0.05, 0.1) is 12.2 Å². The van der Waals surface area contributed by atoms with Crippen LogP contribution in [-0.2, 0) is 4.74 Å². The normalized spacial score (nSPS) is 9.57. The van der Waals surface area contributed by atoms with Crippen LogP contribution in [-0.4, -0.2) is 12.9 Å². The first-order chi connectivity index (χ1) is 6.69. The molecule has 0 saturated carbocycles. The maximum absolute atomic E-state index is 13.1. The minimum atomic E-state index is -0.557. The summed E-state index contributed by atoms with van der Waals surface area (Å²) in [6, 6.07) is 4.24. The highest BCUT2D eigenvalue weighted by Gasteiger charge is 2.05. The minimum Gasteiger partial charge on any atom is -0.494 e.